The van der Waals surface area contributed by atoms with E-state index in [1.54, 1.807) is 18.2 Å². The topological polar surface area (TPSA) is 74.7 Å². The molecule has 0 aromatic heterocycles. The zero-order valence-corrected chi connectivity index (χ0v) is 14.1. The largest absolute Gasteiger partial charge is 0.481 e. The van der Waals surface area contributed by atoms with Gasteiger partial charge in [0.1, 0.15) is 0 Å². The number of aliphatic carboxylic acids is 1. The second kappa shape index (κ2) is 6.46. The molecule has 5 nitrogen and oxygen atoms in total. The zero-order valence-electron chi connectivity index (χ0n) is 11.7. The lowest BCUT2D eigenvalue weighted by Crippen LogP contribution is -2.47. The highest BCUT2D eigenvalue weighted by atomic mass is 79.9. The number of sulfonamides is 1. The predicted octanol–water partition coefficient (Wildman–Crippen LogP) is 2.46. The van der Waals surface area contributed by atoms with Gasteiger partial charge in [-0.15, -0.1) is 0 Å². The minimum Gasteiger partial charge on any atom is -0.481 e. The lowest BCUT2D eigenvalue weighted by atomic mass is 9.96. The summed E-state index contributed by atoms with van der Waals surface area (Å²) in [6.07, 6.45) is 1.11. The summed E-state index contributed by atoms with van der Waals surface area (Å²) in [6.45, 7) is 1.89. The molecule has 7 heteroatoms. The lowest BCUT2D eigenvalue weighted by Gasteiger charge is -2.35. The van der Waals surface area contributed by atoms with Crippen LogP contribution < -0.4 is 0 Å². The molecule has 2 rings (SSSR count). The van der Waals surface area contributed by atoms with E-state index in [0.29, 0.717) is 18.4 Å². The number of nitrogens with zero attached hydrogens (tertiary/aromatic N) is 1. The Morgan fingerprint density at radius 3 is 2.76 bits per heavy atom. The molecule has 1 aliphatic heterocycles. The summed E-state index contributed by atoms with van der Waals surface area (Å²) in [6, 6.07) is 6.99. The summed E-state index contributed by atoms with van der Waals surface area (Å²) in [5.41, 5.74) is 0.689. The summed E-state index contributed by atoms with van der Waals surface area (Å²) in [4.78, 5) is 11.1. The van der Waals surface area contributed by atoms with Gasteiger partial charge in [0.25, 0.3) is 0 Å². The third kappa shape index (κ3) is 4.05. The molecule has 0 aliphatic carbocycles. The Morgan fingerprint density at radius 1 is 1.43 bits per heavy atom. The molecule has 21 heavy (non-hydrogen) atoms. The molecule has 2 atom stereocenters. The van der Waals surface area contributed by atoms with Crippen molar-refractivity contribution in [1.82, 2.24) is 4.31 Å². The fourth-order valence-corrected chi connectivity index (χ4v) is 4.86. The second-order valence-corrected chi connectivity index (χ2v) is 8.25. The van der Waals surface area contributed by atoms with Gasteiger partial charge >= 0.3 is 5.97 Å². The van der Waals surface area contributed by atoms with Gasteiger partial charge in [-0.3, -0.25) is 4.79 Å². The zero-order chi connectivity index (χ0) is 15.6. The molecular formula is C14H18BrNO4S. The first kappa shape index (κ1) is 16.5. The number of rotatable bonds is 4. The van der Waals surface area contributed by atoms with Crippen LogP contribution in [0.25, 0.3) is 0 Å². The van der Waals surface area contributed by atoms with Crippen LogP contribution in [0.1, 0.15) is 25.3 Å². The number of hydrogen-bond acceptors (Lipinski definition) is 3. The van der Waals surface area contributed by atoms with E-state index in [1.165, 1.54) is 4.31 Å². The molecule has 1 saturated heterocycles. The molecule has 1 N–H and O–H groups in total. The van der Waals surface area contributed by atoms with Crippen molar-refractivity contribution in [3.8, 4) is 0 Å². The monoisotopic (exact) mass is 375 g/mol. The molecule has 0 bridgehead atoms. The Morgan fingerprint density at radius 2 is 2.14 bits per heavy atom. The first-order valence-corrected chi connectivity index (χ1v) is 9.16. The fourth-order valence-electron chi connectivity index (χ4n) is 2.58. The maximum absolute atomic E-state index is 12.6. The average Bonchev–Trinajstić information content (AvgIpc) is 2.38. The van der Waals surface area contributed by atoms with Crippen molar-refractivity contribution in [2.45, 2.75) is 31.6 Å². The molecule has 0 amide bonds. The summed E-state index contributed by atoms with van der Waals surface area (Å²) in [5, 5.41) is 9.11. The molecule has 0 spiro atoms. The lowest BCUT2D eigenvalue weighted by molar-refractivity contribution is -0.143. The van der Waals surface area contributed by atoms with Crippen molar-refractivity contribution in [2.75, 3.05) is 6.54 Å². The minimum atomic E-state index is -3.52. The first-order valence-electron chi connectivity index (χ1n) is 6.76. The Balaban J connectivity index is 2.19. The molecule has 116 valence electrons. The minimum absolute atomic E-state index is 0.0623. The molecule has 1 aromatic carbocycles. The van der Waals surface area contributed by atoms with E-state index in [9.17, 15) is 13.2 Å². The van der Waals surface area contributed by atoms with Crippen LogP contribution in [-0.2, 0) is 20.6 Å². The van der Waals surface area contributed by atoms with E-state index in [1.807, 2.05) is 13.0 Å². The molecular weight excluding hydrogens is 358 g/mol. The number of piperidine rings is 1. The van der Waals surface area contributed by atoms with Gasteiger partial charge in [-0.25, -0.2) is 8.42 Å². The Kier molecular flexibility index (Phi) is 5.06. The summed E-state index contributed by atoms with van der Waals surface area (Å²) in [5.74, 6) is -1.65. The number of carboxylic acids is 1. The molecule has 1 heterocycles. The number of hydrogen-bond donors (Lipinski definition) is 1. The molecule has 0 saturated carbocycles. The van der Waals surface area contributed by atoms with Crippen LogP contribution in [0.3, 0.4) is 0 Å². The van der Waals surface area contributed by atoms with Gasteiger partial charge in [0.2, 0.25) is 10.0 Å². The fraction of sp³-hybridized carbons (Fsp3) is 0.500. The SMILES string of the molecule is CC1CCC(C(=O)O)CN1S(=O)(=O)Cc1cccc(Br)c1. The molecule has 1 fully saturated rings. The Hall–Kier alpha value is -0.920. The smallest absolute Gasteiger partial charge is 0.307 e. The van der Waals surface area contributed by atoms with Gasteiger partial charge in [0.05, 0.1) is 11.7 Å². The van der Waals surface area contributed by atoms with Gasteiger partial charge in [-0.05, 0) is 37.5 Å². The van der Waals surface area contributed by atoms with Crippen LogP contribution >= 0.6 is 15.9 Å². The van der Waals surface area contributed by atoms with E-state index in [-0.39, 0.29) is 18.3 Å². The van der Waals surface area contributed by atoms with E-state index in [4.69, 9.17) is 5.11 Å². The predicted molar refractivity (Wildman–Crippen MR) is 83.3 cm³/mol. The summed E-state index contributed by atoms with van der Waals surface area (Å²) >= 11 is 3.32. The second-order valence-electron chi connectivity index (χ2n) is 5.42. The van der Waals surface area contributed by atoms with Crippen molar-refractivity contribution < 1.29 is 18.3 Å². The highest BCUT2D eigenvalue weighted by Gasteiger charge is 2.36. The van der Waals surface area contributed by atoms with Crippen LogP contribution in [0.4, 0.5) is 0 Å². The van der Waals surface area contributed by atoms with Crippen LogP contribution in [-0.4, -0.2) is 36.4 Å². The van der Waals surface area contributed by atoms with Gasteiger partial charge in [0.15, 0.2) is 0 Å². The maximum Gasteiger partial charge on any atom is 0.307 e. The van der Waals surface area contributed by atoms with Crippen molar-refractivity contribution in [3.63, 3.8) is 0 Å². The van der Waals surface area contributed by atoms with E-state index in [2.05, 4.69) is 15.9 Å². The van der Waals surface area contributed by atoms with E-state index in [0.717, 1.165) is 4.47 Å². The number of carboxylic acid groups (broad SMARTS) is 1. The first-order chi connectivity index (χ1) is 9.79. The van der Waals surface area contributed by atoms with Crippen molar-refractivity contribution in [2.24, 2.45) is 5.92 Å². The number of carbonyl (C=O) groups is 1. The van der Waals surface area contributed by atoms with Crippen molar-refractivity contribution in [3.05, 3.63) is 34.3 Å². The van der Waals surface area contributed by atoms with Gasteiger partial charge < -0.3 is 5.11 Å². The standard InChI is InChI=1S/C14H18BrNO4S/c1-10-5-6-12(14(17)18)8-16(10)21(19,20)9-11-3-2-4-13(15)7-11/h2-4,7,10,12H,5-6,8-9H2,1H3,(H,17,18). The van der Waals surface area contributed by atoms with Gasteiger partial charge in [-0.1, -0.05) is 28.1 Å². The molecule has 0 radical (unpaired) electrons. The van der Waals surface area contributed by atoms with Crippen molar-refractivity contribution in [1.29, 1.82) is 0 Å². The Labute approximate surface area is 133 Å². The normalized spacial score (nSPS) is 23.9. The summed E-state index contributed by atoms with van der Waals surface area (Å²) in [7, 11) is -3.52. The summed E-state index contributed by atoms with van der Waals surface area (Å²) < 4.78 is 27.3. The third-order valence-electron chi connectivity index (χ3n) is 3.77. The molecule has 1 aliphatic rings. The number of halogens is 1. The Bertz CT molecular complexity index is 632. The van der Waals surface area contributed by atoms with Crippen LogP contribution in [0.15, 0.2) is 28.7 Å². The molecule has 1 aromatic rings. The van der Waals surface area contributed by atoms with Crippen molar-refractivity contribution >= 4 is 31.9 Å². The van der Waals surface area contributed by atoms with Crippen LogP contribution in [0.5, 0.6) is 0 Å². The van der Waals surface area contributed by atoms with E-state index >= 15 is 0 Å². The van der Waals surface area contributed by atoms with Crippen LogP contribution in [0, 0.1) is 5.92 Å². The molecule has 2 unspecified atom stereocenters. The maximum atomic E-state index is 12.6. The quantitative estimate of drug-likeness (QED) is 0.876. The third-order valence-corrected chi connectivity index (χ3v) is 6.18. The van der Waals surface area contributed by atoms with Crippen LogP contribution in [0.2, 0.25) is 0 Å². The van der Waals surface area contributed by atoms with Gasteiger partial charge in [-0.2, -0.15) is 4.31 Å². The highest BCUT2D eigenvalue weighted by molar-refractivity contribution is 9.10. The highest BCUT2D eigenvalue weighted by Crippen LogP contribution is 2.26. The van der Waals surface area contributed by atoms with Gasteiger partial charge in [0, 0.05) is 17.1 Å². The average molecular weight is 376 g/mol. The van der Waals surface area contributed by atoms with E-state index < -0.39 is 21.9 Å². The number of benzene rings is 1.